The van der Waals surface area contributed by atoms with Crippen LogP contribution in [-0.2, 0) is 4.74 Å². The summed E-state index contributed by atoms with van der Waals surface area (Å²) in [6.07, 6.45) is -0.873. The fraction of sp³-hybridized carbons (Fsp3) is 0.278. The van der Waals surface area contributed by atoms with Gasteiger partial charge in [0.2, 0.25) is 0 Å². The molecule has 0 aliphatic heterocycles. The van der Waals surface area contributed by atoms with Gasteiger partial charge in [-0.2, -0.15) is 0 Å². The molecule has 0 aromatic heterocycles. The Morgan fingerprint density at radius 3 is 2.50 bits per heavy atom. The quantitative estimate of drug-likeness (QED) is 0.720. The predicted octanol–water partition coefficient (Wildman–Crippen LogP) is 3.06. The number of aliphatic hydroxyl groups excluding tert-OH is 1. The van der Waals surface area contributed by atoms with E-state index in [0.29, 0.717) is 17.2 Å². The maximum absolute atomic E-state index is 12.1. The van der Waals surface area contributed by atoms with E-state index in [1.165, 1.54) is 0 Å². The van der Waals surface area contributed by atoms with Crippen molar-refractivity contribution in [3.8, 4) is 0 Å². The molecule has 2 rings (SSSR count). The van der Waals surface area contributed by atoms with Gasteiger partial charge in [-0.25, -0.2) is 4.79 Å². The summed E-state index contributed by atoms with van der Waals surface area (Å²) in [5, 5.41) is 16.1. The van der Waals surface area contributed by atoms with Crippen LogP contribution < -0.4 is 10.6 Å². The number of nitrogens with one attached hydrogen (secondary N) is 2. The largest absolute Gasteiger partial charge is 0.387 e. The van der Waals surface area contributed by atoms with E-state index in [1.54, 1.807) is 31.4 Å². The van der Waals surface area contributed by atoms with Crippen molar-refractivity contribution < 1.29 is 14.6 Å². The SMILES string of the molecule is COCC(NC(=O)NCC(O)c1ccccc1Cl)c1ccccc1. The summed E-state index contributed by atoms with van der Waals surface area (Å²) in [5.41, 5.74) is 1.53. The topological polar surface area (TPSA) is 70.6 Å². The van der Waals surface area contributed by atoms with Gasteiger partial charge in [-0.05, 0) is 11.6 Å². The van der Waals surface area contributed by atoms with Crippen LogP contribution in [0, 0.1) is 0 Å². The van der Waals surface area contributed by atoms with Gasteiger partial charge < -0.3 is 20.5 Å². The lowest BCUT2D eigenvalue weighted by Gasteiger charge is -2.20. The van der Waals surface area contributed by atoms with Gasteiger partial charge in [0.1, 0.15) is 0 Å². The maximum Gasteiger partial charge on any atom is 0.315 e. The Hall–Kier alpha value is -2.08. The zero-order chi connectivity index (χ0) is 17.4. The summed E-state index contributed by atoms with van der Waals surface area (Å²) in [6, 6.07) is 15.9. The van der Waals surface area contributed by atoms with Crippen LogP contribution in [0.5, 0.6) is 0 Å². The lowest BCUT2D eigenvalue weighted by atomic mass is 10.1. The zero-order valence-electron chi connectivity index (χ0n) is 13.4. The van der Waals surface area contributed by atoms with Crippen LogP contribution in [0.3, 0.4) is 0 Å². The third-order valence-corrected chi connectivity index (χ3v) is 3.90. The molecule has 0 spiro atoms. The van der Waals surface area contributed by atoms with Crippen molar-refractivity contribution >= 4 is 17.6 Å². The van der Waals surface area contributed by atoms with Crippen molar-refractivity contribution in [2.45, 2.75) is 12.1 Å². The molecule has 5 nitrogen and oxygen atoms in total. The first-order chi connectivity index (χ1) is 11.6. The molecule has 0 bridgehead atoms. The Labute approximate surface area is 146 Å². The molecular formula is C18H21ClN2O3. The molecule has 0 saturated carbocycles. The highest BCUT2D eigenvalue weighted by Gasteiger charge is 2.16. The molecule has 2 amide bonds. The number of methoxy groups -OCH3 is 1. The number of hydrogen-bond acceptors (Lipinski definition) is 3. The lowest BCUT2D eigenvalue weighted by Crippen LogP contribution is -2.41. The number of aliphatic hydroxyl groups is 1. The van der Waals surface area contributed by atoms with Crippen LogP contribution >= 0.6 is 11.6 Å². The monoisotopic (exact) mass is 348 g/mol. The molecule has 2 aromatic carbocycles. The van der Waals surface area contributed by atoms with Crippen molar-refractivity contribution in [1.29, 1.82) is 0 Å². The Bertz CT molecular complexity index is 652. The number of rotatable bonds is 7. The molecule has 2 aromatic rings. The number of hydrogen-bond donors (Lipinski definition) is 3. The molecule has 0 fully saturated rings. The van der Waals surface area contributed by atoms with Crippen molar-refractivity contribution in [3.63, 3.8) is 0 Å². The molecule has 128 valence electrons. The van der Waals surface area contributed by atoms with Gasteiger partial charge in [-0.1, -0.05) is 60.1 Å². The summed E-state index contributed by atoms with van der Waals surface area (Å²) in [4.78, 5) is 12.1. The summed E-state index contributed by atoms with van der Waals surface area (Å²) in [7, 11) is 1.58. The van der Waals surface area contributed by atoms with E-state index in [2.05, 4.69) is 10.6 Å². The molecule has 2 atom stereocenters. The summed E-state index contributed by atoms with van der Waals surface area (Å²) in [6.45, 7) is 0.411. The minimum Gasteiger partial charge on any atom is -0.387 e. The number of halogens is 1. The van der Waals surface area contributed by atoms with E-state index in [9.17, 15) is 9.90 Å². The van der Waals surface area contributed by atoms with Gasteiger partial charge in [-0.3, -0.25) is 0 Å². The molecule has 6 heteroatoms. The van der Waals surface area contributed by atoms with Crippen LogP contribution in [0.4, 0.5) is 4.79 Å². The lowest BCUT2D eigenvalue weighted by molar-refractivity contribution is 0.159. The molecule has 2 unspecified atom stereocenters. The predicted molar refractivity (Wildman–Crippen MR) is 94.0 cm³/mol. The van der Waals surface area contributed by atoms with Crippen molar-refractivity contribution in [2.24, 2.45) is 0 Å². The van der Waals surface area contributed by atoms with Gasteiger partial charge in [0, 0.05) is 24.2 Å². The van der Waals surface area contributed by atoms with E-state index in [4.69, 9.17) is 16.3 Å². The summed E-state index contributed by atoms with van der Waals surface area (Å²) in [5.74, 6) is 0. The first-order valence-electron chi connectivity index (χ1n) is 7.62. The van der Waals surface area contributed by atoms with E-state index in [1.807, 2.05) is 30.3 Å². The van der Waals surface area contributed by atoms with E-state index in [0.717, 1.165) is 5.56 Å². The normalized spacial score (nSPS) is 13.1. The molecule has 0 heterocycles. The third-order valence-electron chi connectivity index (χ3n) is 3.56. The molecule has 0 aliphatic carbocycles. The number of carbonyl (C=O) groups excluding carboxylic acids is 1. The van der Waals surface area contributed by atoms with Crippen LogP contribution in [-0.4, -0.2) is 31.4 Å². The standard InChI is InChI=1S/C18H21ClN2O3/c1-24-12-16(13-7-3-2-4-8-13)21-18(23)20-11-17(22)14-9-5-6-10-15(14)19/h2-10,16-17,22H,11-12H2,1H3,(H2,20,21,23). The highest BCUT2D eigenvalue weighted by molar-refractivity contribution is 6.31. The van der Waals surface area contributed by atoms with E-state index >= 15 is 0 Å². The Morgan fingerprint density at radius 1 is 1.17 bits per heavy atom. The van der Waals surface area contributed by atoms with Gasteiger partial charge in [0.05, 0.1) is 18.8 Å². The maximum atomic E-state index is 12.1. The fourth-order valence-electron chi connectivity index (χ4n) is 2.33. The van der Waals surface area contributed by atoms with Crippen molar-refractivity contribution in [2.75, 3.05) is 20.3 Å². The first-order valence-corrected chi connectivity index (χ1v) is 8.00. The summed E-state index contributed by atoms with van der Waals surface area (Å²) < 4.78 is 5.16. The Balaban J connectivity index is 1.90. The van der Waals surface area contributed by atoms with Gasteiger partial charge >= 0.3 is 6.03 Å². The number of ether oxygens (including phenoxy) is 1. The van der Waals surface area contributed by atoms with Gasteiger partial charge in [-0.15, -0.1) is 0 Å². The Kier molecular flexibility index (Phi) is 7.06. The molecule has 0 aliphatic rings. The Morgan fingerprint density at radius 2 is 1.83 bits per heavy atom. The van der Waals surface area contributed by atoms with Crippen LogP contribution in [0.1, 0.15) is 23.3 Å². The fourth-order valence-corrected chi connectivity index (χ4v) is 2.59. The molecule has 0 radical (unpaired) electrons. The minimum atomic E-state index is -0.873. The van der Waals surface area contributed by atoms with E-state index in [-0.39, 0.29) is 18.6 Å². The van der Waals surface area contributed by atoms with E-state index < -0.39 is 6.10 Å². The summed E-state index contributed by atoms with van der Waals surface area (Å²) >= 11 is 6.04. The number of amides is 2. The molecular weight excluding hydrogens is 328 g/mol. The van der Waals surface area contributed by atoms with Gasteiger partial charge in [0.25, 0.3) is 0 Å². The molecule has 3 N–H and O–H groups in total. The second-order valence-electron chi connectivity index (χ2n) is 5.31. The number of benzene rings is 2. The van der Waals surface area contributed by atoms with Crippen molar-refractivity contribution in [3.05, 3.63) is 70.7 Å². The molecule has 0 saturated heterocycles. The minimum absolute atomic E-state index is 0.0596. The smallest absolute Gasteiger partial charge is 0.315 e. The second-order valence-corrected chi connectivity index (χ2v) is 5.72. The number of urea groups is 1. The van der Waals surface area contributed by atoms with Crippen LogP contribution in [0.2, 0.25) is 5.02 Å². The van der Waals surface area contributed by atoms with Crippen molar-refractivity contribution in [1.82, 2.24) is 10.6 Å². The average Bonchev–Trinajstić information content (AvgIpc) is 2.60. The highest BCUT2D eigenvalue weighted by atomic mass is 35.5. The average molecular weight is 349 g/mol. The van der Waals surface area contributed by atoms with Crippen LogP contribution in [0.25, 0.3) is 0 Å². The highest BCUT2D eigenvalue weighted by Crippen LogP contribution is 2.21. The van der Waals surface area contributed by atoms with Crippen LogP contribution in [0.15, 0.2) is 54.6 Å². The third kappa shape index (κ3) is 5.23. The second kappa shape index (κ2) is 9.27. The number of carbonyl (C=O) groups is 1. The first kappa shape index (κ1) is 18.3. The molecule has 24 heavy (non-hydrogen) atoms. The van der Waals surface area contributed by atoms with Gasteiger partial charge in [0.15, 0.2) is 0 Å². The zero-order valence-corrected chi connectivity index (χ0v) is 14.2.